The summed E-state index contributed by atoms with van der Waals surface area (Å²) < 4.78 is 40.2. The second kappa shape index (κ2) is 6.27. The fraction of sp³-hybridized carbons (Fsp3) is 0.500. The largest absolute Gasteiger partial charge is 0.306 e. The Kier molecular flexibility index (Phi) is 5.18. The number of halogens is 1. The monoisotopic (exact) mass is 304 g/mol. The van der Waals surface area contributed by atoms with E-state index < -0.39 is 26.5 Å². The minimum atomic E-state index is -3.91. The van der Waals surface area contributed by atoms with Crippen molar-refractivity contribution in [3.8, 4) is 0 Å². The van der Waals surface area contributed by atoms with Crippen molar-refractivity contribution < 1.29 is 17.7 Å². The third-order valence-corrected chi connectivity index (χ3v) is 4.54. The molecular weight excluding hydrogens is 287 g/mol. The van der Waals surface area contributed by atoms with Gasteiger partial charge in [0.1, 0.15) is 0 Å². The maximum atomic E-state index is 13.4. The van der Waals surface area contributed by atoms with E-state index in [0.29, 0.717) is 6.42 Å². The van der Waals surface area contributed by atoms with Crippen molar-refractivity contribution in [2.75, 3.05) is 0 Å². The number of sulfonamides is 1. The molecule has 0 spiro atoms. The Balaban J connectivity index is 3.24. The Morgan fingerprint density at radius 3 is 2.55 bits per heavy atom. The highest BCUT2D eigenvalue weighted by molar-refractivity contribution is 7.89. The molecule has 8 heteroatoms. The molecule has 0 aliphatic rings. The number of nitrogens with one attached hydrogen (secondary N) is 1. The summed E-state index contributed by atoms with van der Waals surface area (Å²) in [5.74, 6) is -1.05. The third kappa shape index (κ3) is 3.73. The summed E-state index contributed by atoms with van der Waals surface area (Å²) in [4.78, 5) is 9.48. The number of rotatable bonds is 6. The number of nitrogens with zero attached hydrogens (tertiary/aromatic N) is 1. The fourth-order valence-corrected chi connectivity index (χ4v) is 3.42. The molecule has 1 aromatic carbocycles. The van der Waals surface area contributed by atoms with Gasteiger partial charge < -0.3 is 0 Å². The lowest BCUT2D eigenvalue weighted by atomic mass is 10.2. The average Bonchev–Trinajstić information content (AvgIpc) is 2.27. The number of aryl methyl sites for hydroxylation is 1. The number of nitro groups is 1. The third-order valence-electron chi connectivity index (χ3n) is 2.81. The van der Waals surface area contributed by atoms with Crippen molar-refractivity contribution in [3.63, 3.8) is 0 Å². The first kappa shape index (κ1) is 16.5. The van der Waals surface area contributed by atoms with Gasteiger partial charge in [-0.3, -0.25) is 10.1 Å². The summed E-state index contributed by atoms with van der Waals surface area (Å²) in [6.45, 7) is 5.01. The van der Waals surface area contributed by atoms with Gasteiger partial charge in [-0.05, 0) is 31.9 Å². The topological polar surface area (TPSA) is 89.3 Å². The molecular formula is C12H17FN2O4S. The molecule has 0 aliphatic carbocycles. The van der Waals surface area contributed by atoms with Crippen molar-refractivity contribution >= 4 is 15.7 Å². The van der Waals surface area contributed by atoms with Crippen LogP contribution in [0.5, 0.6) is 0 Å². The first-order chi connectivity index (χ1) is 9.19. The van der Waals surface area contributed by atoms with Crippen LogP contribution in [0, 0.1) is 22.9 Å². The number of hydrogen-bond donors (Lipinski definition) is 1. The zero-order valence-corrected chi connectivity index (χ0v) is 12.3. The summed E-state index contributed by atoms with van der Waals surface area (Å²) in [6.07, 6.45) is 1.44. The van der Waals surface area contributed by atoms with Crippen LogP contribution in [0.2, 0.25) is 0 Å². The molecule has 0 saturated heterocycles. The predicted octanol–water partition coefficient (Wildman–Crippen LogP) is 2.51. The van der Waals surface area contributed by atoms with Crippen LogP contribution in [0.25, 0.3) is 0 Å². The van der Waals surface area contributed by atoms with Crippen LogP contribution in [0.1, 0.15) is 32.3 Å². The van der Waals surface area contributed by atoms with Crippen molar-refractivity contribution in [1.82, 2.24) is 4.72 Å². The zero-order valence-electron chi connectivity index (χ0n) is 11.5. The standard InChI is InChI=1S/C12H17FN2O4S/c1-4-5-9(3)14-20(18,19)12-7-11(15(16)17)10(13)6-8(12)2/h6-7,9,14H,4-5H2,1-3H3. The molecule has 0 saturated carbocycles. The first-order valence-corrected chi connectivity index (χ1v) is 7.64. The Labute approximate surface area is 117 Å². The summed E-state index contributed by atoms with van der Waals surface area (Å²) >= 11 is 0. The summed E-state index contributed by atoms with van der Waals surface area (Å²) in [5, 5.41) is 10.7. The highest BCUT2D eigenvalue weighted by Crippen LogP contribution is 2.25. The maximum Gasteiger partial charge on any atom is 0.306 e. The van der Waals surface area contributed by atoms with E-state index in [1.54, 1.807) is 6.92 Å². The molecule has 0 heterocycles. The molecule has 1 aromatic rings. The van der Waals surface area contributed by atoms with Gasteiger partial charge >= 0.3 is 5.69 Å². The fourth-order valence-electron chi connectivity index (χ4n) is 1.89. The highest BCUT2D eigenvalue weighted by Gasteiger charge is 2.25. The van der Waals surface area contributed by atoms with Gasteiger partial charge in [0.05, 0.1) is 9.82 Å². The molecule has 0 amide bonds. The SMILES string of the molecule is CCCC(C)NS(=O)(=O)c1cc([N+](=O)[O-])c(F)cc1C. The lowest BCUT2D eigenvalue weighted by Gasteiger charge is -2.14. The van der Waals surface area contributed by atoms with Gasteiger partial charge in [-0.1, -0.05) is 13.3 Å². The van der Waals surface area contributed by atoms with Gasteiger partial charge in [-0.15, -0.1) is 0 Å². The second-order valence-electron chi connectivity index (χ2n) is 4.64. The van der Waals surface area contributed by atoms with Crippen LogP contribution in [0.4, 0.5) is 10.1 Å². The minimum absolute atomic E-state index is 0.129. The number of benzene rings is 1. The van der Waals surface area contributed by atoms with Crippen LogP contribution in [-0.2, 0) is 10.0 Å². The molecule has 0 aliphatic heterocycles. The molecule has 112 valence electrons. The molecule has 1 unspecified atom stereocenters. The zero-order chi connectivity index (χ0) is 15.5. The van der Waals surface area contributed by atoms with E-state index in [1.165, 1.54) is 6.92 Å². The predicted molar refractivity (Wildman–Crippen MR) is 72.5 cm³/mol. The first-order valence-electron chi connectivity index (χ1n) is 6.16. The molecule has 0 fully saturated rings. The van der Waals surface area contributed by atoms with Crippen molar-refractivity contribution in [1.29, 1.82) is 0 Å². The van der Waals surface area contributed by atoms with Crippen LogP contribution in [0.15, 0.2) is 17.0 Å². The smallest absolute Gasteiger partial charge is 0.258 e. The second-order valence-corrected chi connectivity index (χ2v) is 6.32. The maximum absolute atomic E-state index is 13.4. The lowest BCUT2D eigenvalue weighted by molar-refractivity contribution is -0.387. The highest BCUT2D eigenvalue weighted by atomic mass is 32.2. The number of hydrogen-bond acceptors (Lipinski definition) is 4. The Morgan fingerprint density at radius 1 is 1.45 bits per heavy atom. The van der Waals surface area contributed by atoms with E-state index in [4.69, 9.17) is 0 Å². The number of nitro benzene ring substituents is 1. The van der Waals surface area contributed by atoms with Crippen LogP contribution in [0.3, 0.4) is 0 Å². The lowest BCUT2D eigenvalue weighted by Crippen LogP contribution is -2.33. The molecule has 0 bridgehead atoms. The van der Waals surface area contributed by atoms with Gasteiger partial charge in [0.2, 0.25) is 15.8 Å². The summed E-state index contributed by atoms with van der Waals surface area (Å²) in [7, 11) is -3.91. The Hall–Kier alpha value is -1.54. The van der Waals surface area contributed by atoms with E-state index in [1.807, 2.05) is 6.92 Å². The average molecular weight is 304 g/mol. The van der Waals surface area contributed by atoms with Crippen molar-refractivity contribution in [2.24, 2.45) is 0 Å². The van der Waals surface area contributed by atoms with Gasteiger partial charge in [-0.25, -0.2) is 13.1 Å². The quantitative estimate of drug-likeness (QED) is 0.646. The van der Waals surface area contributed by atoms with Gasteiger partial charge in [-0.2, -0.15) is 4.39 Å². The van der Waals surface area contributed by atoms with Gasteiger partial charge in [0.15, 0.2) is 0 Å². The van der Waals surface area contributed by atoms with Gasteiger partial charge in [0, 0.05) is 12.1 Å². The van der Waals surface area contributed by atoms with E-state index >= 15 is 0 Å². The molecule has 20 heavy (non-hydrogen) atoms. The van der Waals surface area contributed by atoms with Crippen LogP contribution < -0.4 is 4.72 Å². The van der Waals surface area contributed by atoms with Crippen LogP contribution in [-0.4, -0.2) is 19.4 Å². The van der Waals surface area contributed by atoms with E-state index in [0.717, 1.165) is 18.6 Å². The van der Waals surface area contributed by atoms with Crippen molar-refractivity contribution in [3.05, 3.63) is 33.6 Å². The van der Waals surface area contributed by atoms with E-state index in [-0.39, 0.29) is 16.5 Å². The minimum Gasteiger partial charge on any atom is -0.258 e. The van der Waals surface area contributed by atoms with E-state index in [9.17, 15) is 22.9 Å². The van der Waals surface area contributed by atoms with Gasteiger partial charge in [0.25, 0.3) is 0 Å². The van der Waals surface area contributed by atoms with Crippen molar-refractivity contribution in [2.45, 2.75) is 44.6 Å². The summed E-state index contributed by atoms with van der Waals surface area (Å²) in [6, 6.07) is 1.32. The molecule has 6 nitrogen and oxygen atoms in total. The molecule has 0 radical (unpaired) electrons. The summed E-state index contributed by atoms with van der Waals surface area (Å²) in [5.41, 5.74) is -0.719. The molecule has 1 rings (SSSR count). The molecule has 0 aromatic heterocycles. The van der Waals surface area contributed by atoms with E-state index in [2.05, 4.69) is 4.72 Å². The Morgan fingerprint density at radius 2 is 2.05 bits per heavy atom. The molecule has 1 N–H and O–H groups in total. The van der Waals surface area contributed by atoms with Crippen LogP contribution >= 0.6 is 0 Å². The molecule has 1 atom stereocenters. The Bertz CT molecular complexity index is 616. The normalized spacial score (nSPS) is 13.2.